The van der Waals surface area contributed by atoms with Crippen LogP contribution in [-0.2, 0) is 25.5 Å². The molecule has 0 spiro atoms. The van der Waals surface area contributed by atoms with E-state index in [1.54, 1.807) is 24.3 Å². The molecule has 0 fully saturated rings. The minimum absolute atomic E-state index is 0.126. The summed E-state index contributed by atoms with van der Waals surface area (Å²) >= 11 is 0. The van der Waals surface area contributed by atoms with Gasteiger partial charge >= 0.3 is 5.97 Å². The van der Waals surface area contributed by atoms with Crippen molar-refractivity contribution in [1.82, 2.24) is 5.32 Å². The van der Waals surface area contributed by atoms with E-state index in [0.29, 0.717) is 17.5 Å². The Balaban J connectivity index is 2.17. The van der Waals surface area contributed by atoms with Gasteiger partial charge in [-0.3, -0.25) is 19.3 Å². The number of carbonyl (C=O) groups is 3. The minimum Gasteiger partial charge on any atom is -0.495 e. The number of nitrogens with one attached hydrogen (secondary N) is 1. The molecule has 0 unspecified atom stereocenters. The number of ether oxygens (including phenoxy) is 2. The van der Waals surface area contributed by atoms with Crippen molar-refractivity contribution in [2.75, 3.05) is 25.7 Å². The van der Waals surface area contributed by atoms with Gasteiger partial charge in [0.2, 0.25) is 11.8 Å². The third kappa shape index (κ3) is 6.00. The van der Waals surface area contributed by atoms with E-state index < -0.39 is 42.0 Å². The number of rotatable bonds is 8. The van der Waals surface area contributed by atoms with E-state index in [0.717, 1.165) is 17.0 Å². The SMILES string of the molecule is COC(=O)CN(C(=O)[C@H](C)NC(=O)Cc1cc(F)cc(F)c1)c1ccccc1OC. The molecule has 2 aromatic rings. The second-order valence-electron chi connectivity index (χ2n) is 6.42. The predicted molar refractivity (Wildman–Crippen MR) is 105 cm³/mol. The fourth-order valence-electron chi connectivity index (χ4n) is 2.81. The summed E-state index contributed by atoms with van der Waals surface area (Å²) in [6.45, 7) is 1.04. The van der Waals surface area contributed by atoms with E-state index in [9.17, 15) is 23.2 Å². The fraction of sp³-hybridized carbons (Fsp3) is 0.286. The summed E-state index contributed by atoms with van der Waals surface area (Å²) in [5, 5.41) is 2.48. The zero-order valence-electron chi connectivity index (χ0n) is 16.8. The summed E-state index contributed by atoms with van der Waals surface area (Å²) in [7, 11) is 2.61. The topological polar surface area (TPSA) is 84.9 Å². The van der Waals surface area contributed by atoms with Gasteiger partial charge in [0.1, 0.15) is 30.0 Å². The lowest BCUT2D eigenvalue weighted by molar-refractivity contribution is -0.140. The van der Waals surface area contributed by atoms with Crippen LogP contribution < -0.4 is 15.0 Å². The summed E-state index contributed by atoms with van der Waals surface area (Å²) in [5.41, 5.74) is 0.449. The lowest BCUT2D eigenvalue weighted by Gasteiger charge is -2.26. The summed E-state index contributed by atoms with van der Waals surface area (Å²) in [6.07, 6.45) is -0.321. The number of nitrogens with zero attached hydrogens (tertiary/aromatic N) is 1. The van der Waals surface area contributed by atoms with Crippen LogP contribution in [0.25, 0.3) is 0 Å². The maximum Gasteiger partial charge on any atom is 0.325 e. The van der Waals surface area contributed by atoms with Crippen LogP contribution in [0.15, 0.2) is 42.5 Å². The van der Waals surface area contributed by atoms with Crippen LogP contribution >= 0.6 is 0 Å². The van der Waals surface area contributed by atoms with Crippen molar-refractivity contribution in [3.8, 4) is 5.75 Å². The first-order valence-electron chi connectivity index (χ1n) is 9.00. The molecule has 30 heavy (non-hydrogen) atoms. The van der Waals surface area contributed by atoms with E-state index in [-0.39, 0.29) is 12.0 Å². The number of para-hydroxylation sites is 2. The molecule has 2 aromatic carbocycles. The van der Waals surface area contributed by atoms with Crippen molar-refractivity contribution >= 4 is 23.5 Å². The van der Waals surface area contributed by atoms with Crippen LogP contribution in [0.1, 0.15) is 12.5 Å². The number of amides is 2. The Morgan fingerprint density at radius 2 is 1.70 bits per heavy atom. The average molecular weight is 420 g/mol. The Hall–Kier alpha value is -3.49. The van der Waals surface area contributed by atoms with Gasteiger partial charge in [-0.15, -0.1) is 0 Å². The highest BCUT2D eigenvalue weighted by molar-refractivity contribution is 6.03. The smallest absolute Gasteiger partial charge is 0.325 e. The zero-order valence-corrected chi connectivity index (χ0v) is 16.8. The van der Waals surface area contributed by atoms with Gasteiger partial charge in [-0.2, -0.15) is 0 Å². The second kappa shape index (κ2) is 10.3. The van der Waals surface area contributed by atoms with Crippen molar-refractivity contribution < 1.29 is 32.6 Å². The highest BCUT2D eigenvalue weighted by Gasteiger charge is 2.27. The number of hydrogen-bond acceptors (Lipinski definition) is 5. The van der Waals surface area contributed by atoms with Crippen LogP contribution in [0, 0.1) is 11.6 Å². The Kier molecular flexibility index (Phi) is 7.85. The summed E-state index contributed by atoms with van der Waals surface area (Å²) in [4.78, 5) is 38.2. The molecule has 0 aliphatic carbocycles. The third-order valence-electron chi connectivity index (χ3n) is 4.19. The van der Waals surface area contributed by atoms with Crippen LogP contribution in [-0.4, -0.2) is 44.6 Å². The molecule has 1 atom stereocenters. The monoisotopic (exact) mass is 420 g/mol. The maximum atomic E-state index is 13.3. The van der Waals surface area contributed by atoms with Crippen LogP contribution in [0.2, 0.25) is 0 Å². The number of methoxy groups -OCH3 is 2. The minimum atomic E-state index is -1.04. The molecule has 0 saturated heterocycles. The van der Waals surface area contributed by atoms with Gasteiger partial charge in [0.25, 0.3) is 0 Å². The molecule has 0 saturated carbocycles. The molecule has 9 heteroatoms. The molecule has 0 heterocycles. The van der Waals surface area contributed by atoms with Gasteiger partial charge in [0.15, 0.2) is 0 Å². The Morgan fingerprint density at radius 3 is 2.30 bits per heavy atom. The standard InChI is InChI=1S/C21H22F2N2O5/c1-13(24-19(26)10-14-8-15(22)11-16(23)9-14)21(28)25(12-20(27)30-3)17-6-4-5-7-18(17)29-2/h4-9,11,13H,10,12H2,1-3H3,(H,24,26)/t13-/m0/s1. The van der Waals surface area contributed by atoms with Crippen LogP contribution in [0.5, 0.6) is 5.75 Å². The zero-order chi connectivity index (χ0) is 22.3. The van der Waals surface area contributed by atoms with Gasteiger partial charge in [0, 0.05) is 6.07 Å². The lowest BCUT2D eigenvalue weighted by atomic mass is 10.1. The Labute approximate surface area is 172 Å². The van der Waals surface area contributed by atoms with E-state index in [2.05, 4.69) is 10.1 Å². The molecule has 160 valence electrons. The number of hydrogen-bond donors (Lipinski definition) is 1. The first kappa shape index (κ1) is 22.8. The molecule has 0 bridgehead atoms. The number of anilines is 1. The van der Waals surface area contributed by atoms with Crippen LogP contribution in [0.3, 0.4) is 0 Å². The molecule has 2 amide bonds. The number of halogens is 2. The van der Waals surface area contributed by atoms with Gasteiger partial charge in [-0.25, -0.2) is 8.78 Å². The van der Waals surface area contributed by atoms with Crippen LogP contribution in [0.4, 0.5) is 14.5 Å². The van der Waals surface area contributed by atoms with E-state index in [4.69, 9.17) is 4.74 Å². The quantitative estimate of drug-likeness (QED) is 0.662. The van der Waals surface area contributed by atoms with Gasteiger partial charge in [0.05, 0.1) is 26.3 Å². The van der Waals surface area contributed by atoms with Crippen molar-refractivity contribution in [3.63, 3.8) is 0 Å². The third-order valence-corrected chi connectivity index (χ3v) is 4.19. The van der Waals surface area contributed by atoms with Gasteiger partial charge < -0.3 is 14.8 Å². The van der Waals surface area contributed by atoms with Gasteiger partial charge in [-0.1, -0.05) is 12.1 Å². The largest absolute Gasteiger partial charge is 0.495 e. The average Bonchev–Trinajstić information content (AvgIpc) is 2.70. The summed E-state index contributed by atoms with van der Waals surface area (Å²) < 4.78 is 36.5. The molecule has 1 N–H and O–H groups in total. The van der Waals surface area contributed by atoms with E-state index in [1.165, 1.54) is 21.1 Å². The van der Waals surface area contributed by atoms with Crippen molar-refractivity contribution in [3.05, 3.63) is 59.7 Å². The molecular formula is C21H22F2N2O5. The fourth-order valence-corrected chi connectivity index (χ4v) is 2.81. The highest BCUT2D eigenvalue weighted by atomic mass is 19.1. The maximum absolute atomic E-state index is 13.3. The molecule has 7 nitrogen and oxygen atoms in total. The Bertz CT molecular complexity index is 915. The lowest BCUT2D eigenvalue weighted by Crippen LogP contribution is -2.49. The number of benzene rings is 2. The highest BCUT2D eigenvalue weighted by Crippen LogP contribution is 2.28. The molecule has 0 aromatic heterocycles. The predicted octanol–water partition coefficient (Wildman–Crippen LogP) is 2.23. The first-order valence-corrected chi connectivity index (χ1v) is 9.00. The molecule has 2 rings (SSSR count). The summed E-state index contributed by atoms with van der Waals surface area (Å²) in [5.74, 6) is -3.13. The Morgan fingerprint density at radius 1 is 1.07 bits per heavy atom. The van der Waals surface area contributed by atoms with E-state index in [1.807, 2.05) is 0 Å². The van der Waals surface area contributed by atoms with Crippen molar-refractivity contribution in [1.29, 1.82) is 0 Å². The van der Waals surface area contributed by atoms with E-state index >= 15 is 0 Å². The second-order valence-corrected chi connectivity index (χ2v) is 6.42. The molecule has 0 aliphatic rings. The molecular weight excluding hydrogens is 398 g/mol. The number of esters is 1. The van der Waals surface area contributed by atoms with Crippen molar-refractivity contribution in [2.24, 2.45) is 0 Å². The van der Waals surface area contributed by atoms with Crippen molar-refractivity contribution in [2.45, 2.75) is 19.4 Å². The summed E-state index contributed by atoms with van der Waals surface area (Å²) in [6, 6.07) is 8.31. The van der Waals surface area contributed by atoms with Gasteiger partial charge in [-0.05, 0) is 36.8 Å². The number of carbonyl (C=O) groups excluding carboxylic acids is 3. The molecule has 0 radical (unpaired) electrons. The molecule has 0 aliphatic heterocycles. The normalized spacial score (nSPS) is 11.4. The first-order chi connectivity index (χ1) is 14.2.